The van der Waals surface area contributed by atoms with Crippen LogP contribution in [0, 0.1) is 0 Å². The molecule has 1 aromatic rings. The summed E-state index contributed by atoms with van der Waals surface area (Å²) in [7, 11) is 1.79. The van der Waals surface area contributed by atoms with Gasteiger partial charge in [-0.2, -0.15) is 13.2 Å². The zero-order valence-electron chi connectivity index (χ0n) is 14.0. The highest BCUT2D eigenvalue weighted by Crippen LogP contribution is 2.16. The van der Waals surface area contributed by atoms with Crippen molar-refractivity contribution in [2.75, 3.05) is 26.7 Å². The second-order valence-corrected chi connectivity index (χ2v) is 5.75. The van der Waals surface area contributed by atoms with E-state index in [9.17, 15) is 22.8 Å². The van der Waals surface area contributed by atoms with Gasteiger partial charge < -0.3 is 5.32 Å². The zero-order valence-corrected chi connectivity index (χ0v) is 14.0. The van der Waals surface area contributed by atoms with Crippen LogP contribution in [0.4, 0.5) is 13.2 Å². The number of nitrogens with zero attached hydrogens (tertiary/aromatic N) is 2. The number of alkyl halides is 3. The Kier molecular flexibility index (Phi) is 6.02. The fraction of sp³-hybridized carbons (Fsp3) is 0.500. The Morgan fingerprint density at radius 1 is 1.36 bits per heavy atom. The van der Waals surface area contributed by atoms with Crippen molar-refractivity contribution in [2.45, 2.75) is 25.7 Å². The summed E-state index contributed by atoms with van der Waals surface area (Å²) >= 11 is 0. The number of rotatable bonds is 6. The van der Waals surface area contributed by atoms with E-state index in [1.165, 1.54) is 17.2 Å². The molecule has 0 aliphatic carbocycles. The van der Waals surface area contributed by atoms with Gasteiger partial charge in [-0.1, -0.05) is 12.1 Å². The number of benzene rings is 1. The predicted octanol–water partition coefficient (Wildman–Crippen LogP) is 1.57. The van der Waals surface area contributed by atoms with Crippen molar-refractivity contribution in [3.63, 3.8) is 0 Å². The van der Waals surface area contributed by atoms with Crippen LogP contribution in [0.5, 0.6) is 0 Å². The van der Waals surface area contributed by atoms with Gasteiger partial charge in [0.05, 0.1) is 6.61 Å². The maximum Gasteiger partial charge on any atom is 0.405 e. The Balaban J connectivity index is 1.92. The first-order chi connectivity index (χ1) is 11.7. The van der Waals surface area contributed by atoms with Crippen LogP contribution in [-0.2, 0) is 16.2 Å². The molecule has 25 heavy (non-hydrogen) atoms. The van der Waals surface area contributed by atoms with Gasteiger partial charge >= 0.3 is 6.18 Å². The van der Waals surface area contributed by atoms with E-state index in [1.54, 1.807) is 19.2 Å². The highest BCUT2D eigenvalue weighted by atomic mass is 19.4. The molecular weight excluding hydrogens is 339 g/mol. The Bertz CT molecular complexity index is 619. The van der Waals surface area contributed by atoms with E-state index in [2.05, 4.69) is 0 Å². The van der Waals surface area contributed by atoms with Gasteiger partial charge in [0.25, 0.3) is 11.8 Å². The Morgan fingerprint density at radius 3 is 2.52 bits per heavy atom. The van der Waals surface area contributed by atoms with Gasteiger partial charge in [-0.15, -0.1) is 0 Å². The molecule has 2 rings (SSSR count). The molecule has 0 saturated carbocycles. The molecule has 1 N–H and O–H groups in total. The monoisotopic (exact) mass is 359 g/mol. The lowest BCUT2D eigenvalue weighted by Crippen LogP contribution is -2.40. The summed E-state index contributed by atoms with van der Waals surface area (Å²) in [6, 6.07) is 5.84. The second-order valence-electron chi connectivity index (χ2n) is 5.75. The van der Waals surface area contributed by atoms with Crippen LogP contribution in [0.1, 0.15) is 22.8 Å². The summed E-state index contributed by atoms with van der Waals surface area (Å²) in [4.78, 5) is 30.9. The molecule has 1 unspecified atom stereocenters. The van der Waals surface area contributed by atoms with E-state index in [1.807, 2.05) is 17.1 Å². The molecule has 1 aliphatic rings. The molecule has 0 aromatic heterocycles. The molecule has 1 atom stereocenters. The lowest BCUT2D eigenvalue weighted by molar-refractivity contribution is -0.160. The van der Waals surface area contributed by atoms with Crippen molar-refractivity contribution < 1.29 is 27.6 Å². The number of hydrogen-bond acceptors (Lipinski definition) is 4. The van der Waals surface area contributed by atoms with Crippen LogP contribution in [0.3, 0.4) is 0 Å². The predicted molar refractivity (Wildman–Crippen MR) is 83.4 cm³/mol. The average molecular weight is 359 g/mol. The van der Waals surface area contributed by atoms with Crippen LogP contribution in [0.25, 0.3) is 0 Å². The second kappa shape index (κ2) is 7.83. The summed E-state index contributed by atoms with van der Waals surface area (Å²) in [5, 5.41) is 3.13. The summed E-state index contributed by atoms with van der Waals surface area (Å²) < 4.78 is 36.3. The van der Waals surface area contributed by atoms with Crippen LogP contribution in [0.2, 0.25) is 0 Å². The highest BCUT2D eigenvalue weighted by Gasteiger charge is 2.35. The van der Waals surface area contributed by atoms with Crippen LogP contribution in [-0.4, -0.2) is 60.7 Å². The maximum atomic E-state index is 12.1. The summed E-state index contributed by atoms with van der Waals surface area (Å²) in [5.74, 6) is -0.886. The van der Waals surface area contributed by atoms with Crippen molar-refractivity contribution in [1.29, 1.82) is 0 Å². The molecule has 1 aliphatic heterocycles. The van der Waals surface area contributed by atoms with Crippen molar-refractivity contribution >= 4 is 11.8 Å². The van der Waals surface area contributed by atoms with E-state index in [0.29, 0.717) is 13.1 Å². The van der Waals surface area contributed by atoms with Crippen molar-refractivity contribution in [1.82, 2.24) is 15.3 Å². The minimum atomic E-state index is -4.44. The molecule has 0 radical (unpaired) electrons. The van der Waals surface area contributed by atoms with Gasteiger partial charge in [-0.3, -0.25) is 19.3 Å². The lowest BCUT2D eigenvalue weighted by atomic mass is 10.1. The third-order valence-corrected chi connectivity index (χ3v) is 3.84. The minimum Gasteiger partial charge on any atom is -0.343 e. The molecule has 1 aromatic carbocycles. The number of amides is 2. The normalized spacial score (nSPS) is 18.1. The van der Waals surface area contributed by atoms with Crippen molar-refractivity contribution in [3.05, 3.63) is 35.4 Å². The number of hydrogen-bond donors (Lipinski definition) is 1. The smallest absolute Gasteiger partial charge is 0.343 e. The summed E-state index contributed by atoms with van der Waals surface area (Å²) in [6.45, 7) is 1.66. The number of carbonyl (C=O) groups excluding carboxylic acids is 2. The van der Waals surface area contributed by atoms with E-state index >= 15 is 0 Å². The molecule has 9 heteroatoms. The average Bonchev–Trinajstić information content (AvgIpc) is 2.93. The summed E-state index contributed by atoms with van der Waals surface area (Å²) in [5.41, 5.74) is 0.978. The molecular formula is C16H20F3N3O3. The van der Waals surface area contributed by atoms with Crippen LogP contribution >= 0.6 is 0 Å². The highest BCUT2D eigenvalue weighted by molar-refractivity contribution is 5.94. The molecule has 0 bridgehead atoms. The number of likely N-dealkylation sites (N-methyl/N-ethyl adjacent to an activating group) is 2. The first kappa shape index (κ1) is 19.2. The standard InChI is InChI=1S/C16H20F3N3O3/c1-3-22-15(24)13(9-25-22)21(2)8-11-4-6-12(7-5-11)14(23)20-10-16(17,18)19/h4-7,13H,3,8-10H2,1-2H3,(H,20,23). The largest absolute Gasteiger partial charge is 0.405 e. The molecule has 1 saturated heterocycles. The fourth-order valence-electron chi connectivity index (χ4n) is 2.47. The SMILES string of the molecule is CCN1OCC(N(C)Cc2ccc(C(=O)NCC(F)(F)F)cc2)C1=O. The third-order valence-electron chi connectivity index (χ3n) is 3.84. The number of nitrogens with one attached hydrogen (secondary N) is 1. The van der Waals surface area contributed by atoms with Gasteiger partial charge in [0.1, 0.15) is 12.6 Å². The molecule has 2 amide bonds. The summed E-state index contributed by atoms with van der Waals surface area (Å²) in [6.07, 6.45) is -4.44. The van der Waals surface area contributed by atoms with Gasteiger partial charge in [-0.25, -0.2) is 5.06 Å². The van der Waals surface area contributed by atoms with Gasteiger partial charge in [0.15, 0.2) is 0 Å². The third kappa shape index (κ3) is 5.17. The molecule has 0 spiro atoms. The lowest BCUT2D eigenvalue weighted by Gasteiger charge is -2.21. The number of halogens is 3. The first-order valence-corrected chi connectivity index (χ1v) is 7.79. The van der Waals surface area contributed by atoms with Crippen LogP contribution in [0.15, 0.2) is 24.3 Å². The van der Waals surface area contributed by atoms with Gasteiger partial charge in [-0.05, 0) is 31.7 Å². The Morgan fingerprint density at radius 2 is 2.00 bits per heavy atom. The van der Waals surface area contributed by atoms with Crippen molar-refractivity contribution in [3.8, 4) is 0 Å². The quantitative estimate of drug-likeness (QED) is 0.838. The fourth-order valence-corrected chi connectivity index (χ4v) is 2.47. The van der Waals surface area contributed by atoms with E-state index in [4.69, 9.17) is 4.84 Å². The zero-order chi connectivity index (χ0) is 18.6. The number of hydroxylamine groups is 2. The molecule has 6 nitrogen and oxygen atoms in total. The molecule has 1 fully saturated rings. The van der Waals surface area contributed by atoms with Gasteiger partial charge in [0.2, 0.25) is 0 Å². The Hall–Kier alpha value is -2.13. The maximum absolute atomic E-state index is 12.1. The van der Waals surface area contributed by atoms with E-state index in [-0.39, 0.29) is 24.1 Å². The minimum absolute atomic E-state index is 0.104. The molecule has 138 valence electrons. The number of carbonyl (C=O) groups is 2. The van der Waals surface area contributed by atoms with Gasteiger partial charge in [0, 0.05) is 18.7 Å². The topological polar surface area (TPSA) is 61.9 Å². The first-order valence-electron chi connectivity index (χ1n) is 7.79. The molecule has 1 heterocycles. The van der Waals surface area contributed by atoms with E-state index in [0.717, 1.165) is 5.56 Å². The van der Waals surface area contributed by atoms with E-state index < -0.39 is 18.6 Å². The Labute approximate surface area is 143 Å². The van der Waals surface area contributed by atoms with Crippen molar-refractivity contribution in [2.24, 2.45) is 0 Å². The van der Waals surface area contributed by atoms with Crippen LogP contribution < -0.4 is 5.32 Å².